The maximum atomic E-state index is 13.0. The van der Waals surface area contributed by atoms with Crippen LogP contribution in [0.15, 0.2) is 23.2 Å². The van der Waals surface area contributed by atoms with E-state index in [-0.39, 0.29) is 11.8 Å². The highest BCUT2D eigenvalue weighted by atomic mass is 32.1. The predicted molar refractivity (Wildman–Crippen MR) is 126 cm³/mol. The van der Waals surface area contributed by atoms with Gasteiger partial charge >= 0.3 is 0 Å². The van der Waals surface area contributed by atoms with Gasteiger partial charge in [-0.2, -0.15) is 21.3 Å². The largest absolute Gasteiger partial charge is 0.368 e. The molecule has 1 amide bonds. The molecule has 3 aromatic heterocycles. The second-order valence-corrected chi connectivity index (χ2v) is 8.64. The van der Waals surface area contributed by atoms with Gasteiger partial charge in [0.15, 0.2) is 17.0 Å². The zero-order chi connectivity index (χ0) is 21.8. The molecule has 0 spiro atoms. The maximum absolute atomic E-state index is 13.0. The zero-order valence-corrected chi connectivity index (χ0v) is 19.4. The molecule has 4 rings (SSSR count). The van der Waals surface area contributed by atoms with Gasteiger partial charge in [0.05, 0.1) is 11.6 Å². The van der Waals surface area contributed by atoms with Gasteiger partial charge in [0.1, 0.15) is 6.33 Å². The average Bonchev–Trinajstić information content (AvgIpc) is 3.48. The standard InChI is InChI=1S/C22H31N7OS/c1-4-10-23-19-18-20(29(15-24-18)17-9-12-31-14-17)26-22(25-19)28-11-7-8-16(13-28)21(30)27(5-2)6-3/h9,12,14-16H,4-8,10-11,13H2,1-3H3,(H,23,25,26). The lowest BCUT2D eigenvalue weighted by atomic mass is 9.96. The second kappa shape index (κ2) is 9.64. The minimum absolute atomic E-state index is 0.0122. The quantitative estimate of drug-likeness (QED) is 0.573. The summed E-state index contributed by atoms with van der Waals surface area (Å²) in [6.45, 7) is 10.0. The van der Waals surface area contributed by atoms with Crippen LogP contribution in [0.2, 0.25) is 0 Å². The van der Waals surface area contributed by atoms with Gasteiger partial charge in [-0.1, -0.05) is 6.92 Å². The molecule has 1 atom stereocenters. The van der Waals surface area contributed by atoms with E-state index in [1.807, 2.05) is 35.0 Å². The molecule has 4 heterocycles. The molecule has 1 saturated heterocycles. The van der Waals surface area contributed by atoms with E-state index in [4.69, 9.17) is 9.97 Å². The molecular weight excluding hydrogens is 410 g/mol. The lowest BCUT2D eigenvalue weighted by molar-refractivity contribution is -0.135. The molecular formula is C22H31N7OS. The van der Waals surface area contributed by atoms with Crippen molar-refractivity contribution in [3.8, 4) is 5.69 Å². The van der Waals surface area contributed by atoms with E-state index in [9.17, 15) is 4.79 Å². The van der Waals surface area contributed by atoms with Crippen molar-refractivity contribution < 1.29 is 4.79 Å². The van der Waals surface area contributed by atoms with E-state index < -0.39 is 0 Å². The number of hydrogen-bond donors (Lipinski definition) is 1. The number of carbonyl (C=O) groups is 1. The number of aromatic nitrogens is 4. The maximum Gasteiger partial charge on any atom is 0.229 e. The van der Waals surface area contributed by atoms with Crippen LogP contribution in [-0.2, 0) is 4.79 Å². The minimum atomic E-state index is -0.0122. The van der Waals surface area contributed by atoms with Gasteiger partial charge in [-0.15, -0.1) is 0 Å². The Kier molecular flexibility index (Phi) is 6.70. The Balaban J connectivity index is 1.69. The van der Waals surface area contributed by atoms with E-state index >= 15 is 0 Å². The SMILES string of the molecule is CCCNc1nc(N2CCCC(C(=O)N(CC)CC)C2)nc2c1ncn2-c1ccsc1. The fraction of sp³-hybridized carbons (Fsp3) is 0.545. The zero-order valence-electron chi connectivity index (χ0n) is 18.5. The van der Waals surface area contributed by atoms with Gasteiger partial charge in [0, 0.05) is 38.1 Å². The lowest BCUT2D eigenvalue weighted by Gasteiger charge is -2.34. The summed E-state index contributed by atoms with van der Waals surface area (Å²) in [4.78, 5) is 31.4. The molecule has 1 N–H and O–H groups in total. The van der Waals surface area contributed by atoms with Crippen molar-refractivity contribution in [3.63, 3.8) is 0 Å². The first-order valence-corrected chi connectivity index (χ1v) is 12.2. The van der Waals surface area contributed by atoms with E-state index in [1.165, 1.54) is 0 Å². The van der Waals surface area contributed by atoms with Crippen molar-refractivity contribution >= 4 is 40.2 Å². The number of thiophene rings is 1. The van der Waals surface area contributed by atoms with Crippen LogP contribution in [0.1, 0.15) is 40.0 Å². The number of rotatable bonds is 8. The van der Waals surface area contributed by atoms with Gasteiger partial charge in [-0.05, 0) is 44.6 Å². The molecule has 3 aromatic rings. The fourth-order valence-corrected chi connectivity index (χ4v) is 4.76. The highest BCUT2D eigenvalue weighted by Gasteiger charge is 2.30. The Morgan fingerprint density at radius 2 is 2.13 bits per heavy atom. The summed E-state index contributed by atoms with van der Waals surface area (Å²) >= 11 is 1.65. The Labute approximate surface area is 187 Å². The number of amides is 1. The normalized spacial score (nSPS) is 16.6. The molecule has 31 heavy (non-hydrogen) atoms. The second-order valence-electron chi connectivity index (χ2n) is 7.86. The summed E-state index contributed by atoms with van der Waals surface area (Å²) in [7, 11) is 0. The van der Waals surface area contributed by atoms with Gasteiger partial charge in [-0.25, -0.2) is 4.98 Å². The van der Waals surface area contributed by atoms with Crippen LogP contribution < -0.4 is 10.2 Å². The van der Waals surface area contributed by atoms with Crippen LogP contribution in [0.5, 0.6) is 0 Å². The molecule has 0 saturated carbocycles. The van der Waals surface area contributed by atoms with E-state index in [1.54, 1.807) is 11.3 Å². The van der Waals surface area contributed by atoms with E-state index in [0.717, 1.165) is 68.1 Å². The molecule has 0 aliphatic carbocycles. The Hall–Kier alpha value is -2.68. The van der Waals surface area contributed by atoms with Gasteiger partial charge in [0.25, 0.3) is 0 Å². The molecule has 9 heteroatoms. The molecule has 1 unspecified atom stereocenters. The number of nitrogens with one attached hydrogen (secondary N) is 1. The summed E-state index contributed by atoms with van der Waals surface area (Å²) < 4.78 is 2.01. The van der Waals surface area contributed by atoms with Crippen LogP contribution in [0.25, 0.3) is 16.9 Å². The Morgan fingerprint density at radius 1 is 1.29 bits per heavy atom. The number of fused-ring (bicyclic) bond motifs is 1. The van der Waals surface area contributed by atoms with Gasteiger partial charge in [-0.3, -0.25) is 9.36 Å². The highest BCUT2D eigenvalue weighted by Crippen LogP contribution is 2.28. The summed E-state index contributed by atoms with van der Waals surface area (Å²) in [6, 6.07) is 2.06. The van der Waals surface area contributed by atoms with Crippen molar-refractivity contribution in [2.45, 2.75) is 40.0 Å². The van der Waals surface area contributed by atoms with E-state index in [2.05, 4.69) is 33.6 Å². The number of imidazole rings is 1. The number of piperidine rings is 1. The first kappa shape index (κ1) is 21.5. The summed E-state index contributed by atoms with van der Waals surface area (Å²) in [6.07, 6.45) is 4.68. The monoisotopic (exact) mass is 441 g/mol. The Morgan fingerprint density at radius 3 is 2.84 bits per heavy atom. The van der Waals surface area contributed by atoms with Crippen molar-refractivity contribution in [2.75, 3.05) is 42.9 Å². The van der Waals surface area contributed by atoms with Crippen molar-refractivity contribution in [1.29, 1.82) is 0 Å². The Bertz CT molecular complexity index is 1010. The number of carbonyl (C=O) groups excluding carboxylic acids is 1. The summed E-state index contributed by atoms with van der Waals surface area (Å²) in [5.74, 6) is 1.65. The molecule has 1 aliphatic heterocycles. The van der Waals surface area contributed by atoms with Crippen LogP contribution in [0.4, 0.5) is 11.8 Å². The first-order valence-electron chi connectivity index (χ1n) is 11.2. The third-order valence-corrected chi connectivity index (χ3v) is 6.51. The van der Waals surface area contributed by atoms with Crippen molar-refractivity contribution in [1.82, 2.24) is 24.4 Å². The summed E-state index contributed by atoms with van der Waals surface area (Å²) in [5.41, 5.74) is 2.61. The van der Waals surface area contributed by atoms with Crippen molar-refractivity contribution in [3.05, 3.63) is 23.2 Å². The topological polar surface area (TPSA) is 79.2 Å². The van der Waals surface area contributed by atoms with Gasteiger partial charge in [0.2, 0.25) is 11.9 Å². The smallest absolute Gasteiger partial charge is 0.229 e. The third-order valence-electron chi connectivity index (χ3n) is 5.84. The van der Waals surface area contributed by atoms with Gasteiger partial charge < -0.3 is 15.1 Å². The number of nitrogens with zero attached hydrogens (tertiary/aromatic N) is 6. The molecule has 1 aliphatic rings. The molecule has 0 aromatic carbocycles. The van der Waals surface area contributed by atoms with Crippen LogP contribution in [0, 0.1) is 5.92 Å². The lowest BCUT2D eigenvalue weighted by Crippen LogP contribution is -2.45. The first-order chi connectivity index (χ1) is 15.2. The molecule has 0 bridgehead atoms. The number of hydrogen-bond acceptors (Lipinski definition) is 7. The molecule has 0 radical (unpaired) electrons. The minimum Gasteiger partial charge on any atom is -0.368 e. The van der Waals surface area contributed by atoms with Crippen molar-refractivity contribution in [2.24, 2.45) is 5.92 Å². The summed E-state index contributed by atoms with van der Waals surface area (Å²) in [5, 5.41) is 7.55. The van der Waals surface area contributed by atoms with E-state index in [0.29, 0.717) is 12.5 Å². The molecule has 166 valence electrons. The molecule has 8 nitrogen and oxygen atoms in total. The van der Waals surface area contributed by atoms with Crippen LogP contribution in [-0.4, -0.2) is 63.0 Å². The molecule has 1 fully saturated rings. The van der Waals surface area contributed by atoms with Crippen LogP contribution >= 0.6 is 11.3 Å². The predicted octanol–water partition coefficient (Wildman–Crippen LogP) is 3.78. The fourth-order valence-electron chi connectivity index (χ4n) is 4.13. The average molecular weight is 442 g/mol. The number of anilines is 2. The van der Waals surface area contributed by atoms with Crippen LogP contribution in [0.3, 0.4) is 0 Å². The third kappa shape index (κ3) is 4.37. The highest BCUT2D eigenvalue weighted by molar-refractivity contribution is 7.08.